The molecule has 0 bridgehead atoms. The van der Waals surface area contributed by atoms with Crippen molar-refractivity contribution in [3.05, 3.63) is 33.4 Å². The Kier molecular flexibility index (Phi) is 7.47. The zero-order valence-corrected chi connectivity index (χ0v) is 14.0. The summed E-state index contributed by atoms with van der Waals surface area (Å²) in [6.45, 7) is 2.66. The van der Waals surface area contributed by atoms with Gasteiger partial charge >= 0.3 is 0 Å². The Bertz CT molecular complexity index is 461. The highest BCUT2D eigenvalue weighted by Gasteiger charge is 2.17. The van der Waals surface area contributed by atoms with Gasteiger partial charge in [-0.05, 0) is 34.7 Å². The van der Waals surface area contributed by atoms with Crippen molar-refractivity contribution in [2.24, 2.45) is 5.92 Å². The first-order chi connectivity index (χ1) is 9.15. The van der Waals surface area contributed by atoms with E-state index in [9.17, 15) is 9.59 Å². The van der Waals surface area contributed by atoms with Gasteiger partial charge in [0.15, 0.2) is 5.78 Å². The van der Waals surface area contributed by atoms with Crippen molar-refractivity contribution in [2.75, 3.05) is 19.6 Å². The highest BCUT2D eigenvalue weighted by molar-refractivity contribution is 14.1. The molecule has 1 aromatic rings. The van der Waals surface area contributed by atoms with E-state index in [4.69, 9.17) is 0 Å². The third kappa shape index (κ3) is 5.38. The lowest BCUT2D eigenvalue weighted by molar-refractivity contribution is -0.121. The van der Waals surface area contributed by atoms with E-state index in [2.05, 4.69) is 33.2 Å². The fourth-order valence-electron chi connectivity index (χ4n) is 1.85. The Hall–Kier alpha value is -0.660. The van der Waals surface area contributed by atoms with Crippen molar-refractivity contribution in [3.63, 3.8) is 0 Å². The van der Waals surface area contributed by atoms with Crippen LogP contribution in [0.5, 0.6) is 0 Å². The molecule has 0 aromatic heterocycles. The normalized spacial score (nSPS) is 14.1. The van der Waals surface area contributed by atoms with Gasteiger partial charge in [-0.25, -0.2) is 0 Å². The van der Waals surface area contributed by atoms with E-state index in [-0.39, 0.29) is 36.9 Å². The maximum atomic E-state index is 11.9. The summed E-state index contributed by atoms with van der Waals surface area (Å²) in [5.41, 5.74) is 0.677. The van der Waals surface area contributed by atoms with Gasteiger partial charge in [-0.2, -0.15) is 0 Å². The summed E-state index contributed by atoms with van der Waals surface area (Å²) >= 11 is 2.20. The molecular formula is C14H18ClIN2O2. The summed E-state index contributed by atoms with van der Waals surface area (Å²) in [4.78, 5) is 23.5. The Balaban J connectivity index is 0.00000200. The molecular weight excluding hydrogens is 391 g/mol. The minimum absolute atomic E-state index is 0. The predicted octanol–water partition coefficient (Wildman–Crippen LogP) is 2.01. The monoisotopic (exact) mass is 408 g/mol. The molecule has 1 aliphatic rings. The van der Waals surface area contributed by atoms with Crippen LogP contribution < -0.4 is 10.6 Å². The van der Waals surface area contributed by atoms with E-state index < -0.39 is 0 Å². The molecule has 0 atom stereocenters. The van der Waals surface area contributed by atoms with Crippen LogP contribution >= 0.6 is 35.0 Å². The Morgan fingerprint density at radius 1 is 1.20 bits per heavy atom. The van der Waals surface area contributed by atoms with Gasteiger partial charge in [0.1, 0.15) is 0 Å². The van der Waals surface area contributed by atoms with E-state index in [1.165, 1.54) is 0 Å². The minimum atomic E-state index is -0.0363. The largest absolute Gasteiger partial charge is 0.356 e. The lowest BCUT2D eigenvalue weighted by Crippen LogP contribution is -2.48. The molecule has 1 aliphatic heterocycles. The number of ketones is 1. The average Bonchev–Trinajstić information content (AvgIpc) is 2.35. The molecule has 0 unspecified atom stereocenters. The first-order valence-electron chi connectivity index (χ1n) is 6.41. The molecule has 0 spiro atoms. The minimum Gasteiger partial charge on any atom is -0.356 e. The molecule has 1 saturated heterocycles. The van der Waals surface area contributed by atoms with Crippen LogP contribution in [0.15, 0.2) is 24.3 Å². The Labute approximate surface area is 138 Å². The summed E-state index contributed by atoms with van der Waals surface area (Å²) in [5.74, 6) is 0.540. The summed E-state index contributed by atoms with van der Waals surface area (Å²) in [5, 5.41) is 6.02. The maximum Gasteiger partial charge on any atom is 0.220 e. The molecule has 6 heteroatoms. The van der Waals surface area contributed by atoms with Crippen LogP contribution in [0.1, 0.15) is 23.2 Å². The molecule has 2 rings (SSSR count). The predicted molar refractivity (Wildman–Crippen MR) is 89.3 cm³/mol. The van der Waals surface area contributed by atoms with Crippen molar-refractivity contribution in [2.45, 2.75) is 12.8 Å². The number of nitrogens with one attached hydrogen (secondary N) is 2. The van der Waals surface area contributed by atoms with Crippen molar-refractivity contribution in [1.29, 1.82) is 0 Å². The van der Waals surface area contributed by atoms with E-state index in [1.54, 1.807) is 0 Å². The van der Waals surface area contributed by atoms with Gasteiger partial charge < -0.3 is 10.6 Å². The Morgan fingerprint density at radius 3 is 2.40 bits per heavy atom. The van der Waals surface area contributed by atoms with Crippen molar-refractivity contribution in [1.82, 2.24) is 10.6 Å². The summed E-state index contributed by atoms with van der Waals surface area (Å²) < 4.78 is 1.10. The number of amides is 1. The van der Waals surface area contributed by atoms with Crippen molar-refractivity contribution in [3.8, 4) is 0 Å². The zero-order chi connectivity index (χ0) is 13.7. The standard InChI is InChI=1S/C14H17IN2O2.ClH/c15-12-3-1-11(2-4-12)13(18)5-6-14(19)17-9-10-7-16-8-10;/h1-4,10,16H,5-9H2,(H,17,19);1H. The smallest absolute Gasteiger partial charge is 0.220 e. The average molecular weight is 409 g/mol. The molecule has 1 aromatic carbocycles. The van der Waals surface area contributed by atoms with Crippen LogP contribution in [0.2, 0.25) is 0 Å². The fraction of sp³-hybridized carbons (Fsp3) is 0.429. The van der Waals surface area contributed by atoms with E-state index in [1.807, 2.05) is 24.3 Å². The van der Waals surface area contributed by atoms with Crippen LogP contribution in [0, 0.1) is 9.49 Å². The molecule has 110 valence electrons. The number of hydrogen-bond donors (Lipinski definition) is 2. The number of halogens is 2. The van der Waals surface area contributed by atoms with Crippen LogP contribution in [-0.2, 0) is 4.79 Å². The molecule has 1 fully saturated rings. The van der Waals surface area contributed by atoms with Crippen LogP contribution in [0.4, 0.5) is 0 Å². The van der Waals surface area contributed by atoms with Crippen LogP contribution in [-0.4, -0.2) is 31.3 Å². The van der Waals surface area contributed by atoms with Crippen molar-refractivity contribution >= 4 is 46.7 Å². The third-order valence-corrected chi connectivity index (χ3v) is 3.92. The first-order valence-corrected chi connectivity index (χ1v) is 7.49. The van der Waals surface area contributed by atoms with Gasteiger partial charge in [-0.15, -0.1) is 12.4 Å². The van der Waals surface area contributed by atoms with Crippen LogP contribution in [0.25, 0.3) is 0 Å². The first kappa shape index (κ1) is 17.4. The highest BCUT2D eigenvalue weighted by Crippen LogP contribution is 2.10. The van der Waals surface area contributed by atoms with Crippen LogP contribution in [0.3, 0.4) is 0 Å². The SMILES string of the molecule is Cl.O=C(CCC(=O)c1ccc(I)cc1)NCC1CNC1. The second-order valence-electron chi connectivity index (χ2n) is 4.76. The fourth-order valence-corrected chi connectivity index (χ4v) is 2.21. The number of Topliss-reactive ketones (excluding diaryl/α,β-unsaturated/α-hetero) is 1. The summed E-state index contributed by atoms with van der Waals surface area (Å²) in [6.07, 6.45) is 0.542. The number of benzene rings is 1. The number of hydrogen-bond acceptors (Lipinski definition) is 3. The summed E-state index contributed by atoms with van der Waals surface area (Å²) in [7, 11) is 0. The van der Waals surface area contributed by atoms with E-state index in [0.717, 1.165) is 16.7 Å². The lowest BCUT2D eigenvalue weighted by atomic mass is 10.0. The zero-order valence-electron chi connectivity index (χ0n) is 11.0. The number of rotatable bonds is 6. The lowest BCUT2D eigenvalue weighted by Gasteiger charge is -2.27. The Morgan fingerprint density at radius 2 is 1.85 bits per heavy atom. The van der Waals surface area contributed by atoms with E-state index in [0.29, 0.717) is 18.0 Å². The molecule has 1 amide bonds. The van der Waals surface area contributed by atoms with Gasteiger partial charge in [0, 0.05) is 47.5 Å². The number of carbonyl (C=O) groups is 2. The maximum absolute atomic E-state index is 11.9. The molecule has 1 heterocycles. The van der Waals surface area contributed by atoms with Gasteiger partial charge in [0.2, 0.25) is 5.91 Å². The van der Waals surface area contributed by atoms with Gasteiger partial charge in [-0.3, -0.25) is 9.59 Å². The molecule has 0 saturated carbocycles. The highest BCUT2D eigenvalue weighted by atomic mass is 127. The quantitative estimate of drug-likeness (QED) is 0.559. The molecule has 20 heavy (non-hydrogen) atoms. The third-order valence-electron chi connectivity index (χ3n) is 3.20. The second kappa shape index (κ2) is 8.59. The molecule has 4 nitrogen and oxygen atoms in total. The number of carbonyl (C=O) groups excluding carboxylic acids is 2. The van der Waals surface area contributed by atoms with Gasteiger partial charge in [-0.1, -0.05) is 12.1 Å². The summed E-state index contributed by atoms with van der Waals surface area (Å²) in [6, 6.07) is 7.42. The van der Waals surface area contributed by atoms with Gasteiger partial charge in [0.05, 0.1) is 0 Å². The second-order valence-corrected chi connectivity index (χ2v) is 6.00. The van der Waals surface area contributed by atoms with E-state index >= 15 is 0 Å². The van der Waals surface area contributed by atoms with Crippen molar-refractivity contribution < 1.29 is 9.59 Å². The molecule has 0 radical (unpaired) electrons. The van der Waals surface area contributed by atoms with Gasteiger partial charge in [0.25, 0.3) is 0 Å². The topological polar surface area (TPSA) is 58.2 Å². The molecule has 0 aliphatic carbocycles. The molecule has 2 N–H and O–H groups in total.